The van der Waals surface area contributed by atoms with Crippen LogP contribution in [-0.2, 0) is 9.59 Å². The van der Waals surface area contributed by atoms with Crippen molar-refractivity contribution in [2.75, 3.05) is 0 Å². The quantitative estimate of drug-likeness (QED) is 0.513. The monoisotopic (exact) mass is 284 g/mol. The number of aliphatic carboxylic acids is 2. The Morgan fingerprint density at radius 3 is 2.79 bits per heavy atom. The molecule has 0 radical (unpaired) electrons. The fourth-order valence-electron chi connectivity index (χ4n) is 1.31. The minimum atomic E-state index is -1.07. The van der Waals surface area contributed by atoms with Gasteiger partial charge in [-0.05, 0) is 30.5 Å². The second-order valence-electron chi connectivity index (χ2n) is 3.93. The molecule has 0 saturated carbocycles. The van der Waals surface area contributed by atoms with E-state index in [1.54, 1.807) is 24.3 Å². The van der Waals surface area contributed by atoms with Gasteiger partial charge in [0, 0.05) is 17.4 Å². The highest BCUT2D eigenvalue weighted by atomic mass is 32.2. The van der Waals surface area contributed by atoms with Gasteiger partial charge in [-0.3, -0.25) is 9.59 Å². The zero-order valence-electron chi connectivity index (χ0n) is 10.2. The normalized spacial score (nSPS) is 19.6. The molecule has 1 aliphatic rings. The Balaban J connectivity index is 2.50. The van der Waals surface area contributed by atoms with E-state index in [-0.39, 0.29) is 18.9 Å². The predicted molar refractivity (Wildman–Crippen MR) is 73.4 cm³/mol. The van der Waals surface area contributed by atoms with Crippen LogP contribution in [0.2, 0.25) is 0 Å². The van der Waals surface area contributed by atoms with Crippen LogP contribution in [-0.4, -0.2) is 34.2 Å². The summed E-state index contributed by atoms with van der Waals surface area (Å²) < 4.78 is 2.75. The first-order valence-electron chi connectivity index (χ1n) is 5.68. The van der Waals surface area contributed by atoms with E-state index in [2.05, 4.69) is 4.72 Å². The molecule has 0 heterocycles. The first-order valence-corrected chi connectivity index (χ1v) is 6.50. The van der Waals surface area contributed by atoms with Gasteiger partial charge in [0.2, 0.25) is 0 Å². The van der Waals surface area contributed by atoms with E-state index in [4.69, 9.17) is 15.9 Å². The number of hydrogen-bond donors (Lipinski definition) is 4. The van der Waals surface area contributed by atoms with Crippen molar-refractivity contribution in [1.82, 2.24) is 4.72 Å². The Labute approximate surface area is 115 Å². The topological polar surface area (TPSA) is 113 Å². The fraction of sp³-hybridized carbons (Fsp3) is 0.333. The van der Waals surface area contributed by atoms with Crippen molar-refractivity contribution in [3.8, 4) is 0 Å². The van der Waals surface area contributed by atoms with Crippen molar-refractivity contribution in [2.24, 2.45) is 5.73 Å². The van der Waals surface area contributed by atoms with Gasteiger partial charge in [-0.1, -0.05) is 18.2 Å². The van der Waals surface area contributed by atoms with E-state index < -0.39 is 18.0 Å². The highest BCUT2D eigenvalue weighted by molar-refractivity contribution is 8.01. The summed E-state index contributed by atoms with van der Waals surface area (Å²) in [4.78, 5) is 22.2. The van der Waals surface area contributed by atoms with Crippen LogP contribution >= 0.6 is 11.9 Å². The molecule has 6 nitrogen and oxygen atoms in total. The Bertz CT molecular complexity index is 431. The van der Waals surface area contributed by atoms with Crippen LogP contribution < -0.4 is 10.5 Å². The van der Waals surface area contributed by atoms with Crippen molar-refractivity contribution >= 4 is 23.9 Å². The summed E-state index contributed by atoms with van der Waals surface area (Å²) in [6.45, 7) is 0. The maximum atomic E-state index is 11.0. The summed E-state index contributed by atoms with van der Waals surface area (Å²) in [5.74, 6) is -2.08. The highest BCUT2D eigenvalue weighted by Crippen LogP contribution is 2.17. The summed E-state index contributed by atoms with van der Waals surface area (Å²) in [5, 5.41) is 17.5. The van der Waals surface area contributed by atoms with Crippen molar-refractivity contribution in [2.45, 2.75) is 24.9 Å². The molecular weight excluding hydrogens is 268 g/mol. The maximum Gasteiger partial charge on any atom is 0.321 e. The lowest BCUT2D eigenvalue weighted by molar-refractivity contribution is -0.140. The molecule has 104 valence electrons. The van der Waals surface area contributed by atoms with E-state index >= 15 is 0 Å². The van der Waals surface area contributed by atoms with Crippen LogP contribution in [0.4, 0.5) is 0 Å². The molecule has 19 heavy (non-hydrogen) atoms. The molecular formula is C12H16N2O4S. The van der Waals surface area contributed by atoms with Crippen molar-refractivity contribution in [1.29, 1.82) is 0 Å². The summed E-state index contributed by atoms with van der Waals surface area (Å²) >= 11 is 1.14. The Morgan fingerprint density at radius 1 is 1.42 bits per heavy atom. The van der Waals surface area contributed by atoms with E-state index in [9.17, 15) is 9.59 Å². The highest BCUT2D eigenvalue weighted by Gasteiger charge is 2.18. The van der Waals surface area contributed by atoms with Gasteiger partial charge in [0.15, 0.2) is 0 Å². The summed E-state index contributed by atoms with van der Waals surface area (Å²) in [6.07, 6.45) is 8.83. The molecule has 1 unspecified atom stereocenters. The number of carbonyl (C=O) groups is 2. The number of rotatable bonds is 7. The molecule has 0 bridgehead atoms. The number of allylic oxidation sites excluding steroid dienone is 3. The summed E-state index contributed by atoms with van der Waals surface area (Å²) in [5.41, 5.74) is 5.69. The molecule has 0 aromatic heterocycles. The number of nitrogens with one attached hydrogen (secondary N) is 1. The smallest absolute Gasteiger partial charge is 0.321 e. The van der Waals surface area contributed by atoms with Gasteiger partial charge in [0.25, 0.3) is 0 Å². The minimum Gasteiger partial charge on any atom is -0.481 e. The molecule has 0 fully saturated rings. The molecule has 0 aliphatic heterocycles. The average molecular weight is 284 g/mol. The second-order valence-corrected chi connectivity index (χ2v) is 4.84. The van der Waals surface area contributed by atoms with Crippen molar-refractivity contribution in [3.05, 3.63) is 35.3 Å². The first kappa shape index (κ1) is 15.5. The van der Waals surface area contributed by atoms with Crippen LogP contribution in [0.15, 0.2) is 35.3 Å². The molecule has 0 saturated heterocycles. The Morgan fingerprint density at radius 2 is 2.16 bits per heavy atom. The van der Waals surface area contributed by atoms with Gasteiger partial charge in [-0.15, -0.1) is 0 Å². The summed E-state index contributed by atoms with van der Waals surface area (Å²) in [7, 11) is 0. The van der Waals surface area contributed by atoms with Gasteiger partial charge < -0.3 is 15.9 Å². The Hall–Kier alpha value is -1.57. The van der Waals surface area contributed by atoms with Crippen LogP contribution in [0.25, 0.3) is 0 Å². The predicted octanol–water partition coefficient (Wildman–Crippen LogP) is 0.879. The third-order valence-electron chi connectivity index (χ3n) is 2.34. The number of carboxylic acids is 2. The molecule has 5 N–H and O–H groups in total. The largest absolute Gasteiger partial charge is 0.481 e. The molecule has 1 aliphatic carbocycles. The molecule has 2 atom stereocenters. The summed E-state index contributed by atoms with van der Waals surface area (Å²) in [6, 6.07) is -1.06. The van der Waals surface area contributed by atoms with E-state index in [0.717, 1.165) is 16.9 Å². The van der Waals surface area contributed by atoms with Gasteiger partial charge in [-0.2, -0.15) is 0 Å². The van der Waals surface area contributed by atoms with Crippen molar-refractivity contribution < 1.29 is 19.8 Å². The lowest BCUT2D eigenvalue weighted by atomic mass is 10.2. The molecule has 0 amide bonds. The van der Waals surface area contributed by atoms with E-state index in [1.165, 1.54) is 0 Å². The number of hydrogen-bond acceptors (Lipinski definition) is 5. The molecule has 0 aromatic rings. The SMILES string of the molecule is NC1C=CC=C(SN[C@H](CCC(=O)O)C(=O)O)C=C1. The third-order valence-corrected chi connectivity index (χ3v) is 3.25. The molecule has 7 heteroatoms. The molecule has 0 aromatic carbocycles. The van der Waals surface area contributed by atoms with Crippen LogP contribution in [0, 0.1) is 0 Å². The lowest BCUT2D eigenvalue weighted by Crippen LogP contribution is -2.32. The number of nitrogens with two attached hydrogens (primary N) is 1. The third kappa shape index (κ3) is 6.23. The zero-order valence-corrected chi connectivity index (χ0v) is 11.0. The average Bonchev–Trinajstić information content (AvgIpc) is 2.53. The standard InChI is InChI=1S/C12H16N2O4S/c13-8-2-1-3-9(5-4-8)19-14-10(12(17)18)6-7-11(15)16/h1-5,8,10,14H,6-7,13H2,(H,15,16)(H,17,18)/t8?,10-/m1/s1. The van der Waals surface area contributed by atoms with Crippen molar-refractivity contribution in [3.63, 3.8) is 0 Å². The maximum absolute atomic E-state index is 11.0. The zero-order chi connectivity index (χ0) is 14.3. The minimum absolute atomic E-state index is 0.0318. The molecule has 1 rings (SSSR count). The molecule has 0 spiro atoms. The number of carboxylic acid groups (broad SMARTS) is 2. The van der Waals surface area contributed by atoms with Crippen LogP contribution in [0.5, 0.6) is 0 Å². The Kier molecular flexibility index (Phi) is 6.34. The van der Waals surface area contributed by atoms with Gasteiger partial charge in [-0.25, -0.2) is 4.72 Å². The second kappa shape index (κ2) is 7.78. The van der Waals surface area contributed by atoms with Gasteiger partial charge in [0.05, 0.1) is 0 Å². The van der Waals surface area contributed by atoms with E-state index in [1.807, 2.05) is 6.08 Å². The lowest BCUT2D eigenvalue weighted by Gasteiger charge is -2.12. The van der Waals surface area contributed by atoms with Crippen LogP contribution in [0.3, 0.4) is 0 Å². The van der Waals surface area contributed by atoms with Crippen LogP contribution in [0.1, 0.15) is 12.8 Å². The van der Waals surface area contributed by atoms with Gasteiger partial charge >= 0.3 is 11.9 Å². The fourth-order valence-corrected chi connectivity index (χ4v) is 2.10. The van der Waals surface area contributed by atoms with Gasteiger partial charge in [0.1, 0.15) is 6.04 Å². The van der Waals surface area contributed by atoms with E-state index in [0.29, 0.717) is 0 Å². The first-order chi connectivity index (χ1) is 8.99.